The highest BCUT2D eigenvalue weighted by molar-refractivity contribution is 6.21. The smallest absolute Gasteiger partial charge is 0.188 e. The molecule has 9 rings (SSSR count). The van der Waals surface area contributed by atoms with Gasteiger partial charge in [-0.2, -0.15) is 0 Å². The van der Waals surface area contributed by atoms with Crippen LogP contribution >= 0.6 is 0 Å². The fraction of sp³-hybridized carbons (Fsp3) is 0. The summed E-state index contributed by atoms with van der Waals surface area (Å²) in [6.07, 6.45) is 0. The Morgan fingerprint density at radius 1 is 0.465 bits per heavy atom. The number of benzene rings is 7. The van der Waals surface area contributed by atoms with E-state index >= 15 is 0 Å². The first kappa shape index (κ1) is 23.7. The van der Waals surface area contributed by atoms with Gasteiger partial charge in [0.05, 0.1) is 34.3 Å². The second kappa shape index (κ2) is 9.01. The molecule has 0 aliphatic carbocycles. The van der Waals surface area contributed by atoms with Crippen molar-refractivity contribution in [2.75, 3.05) is 0 Å². The zero-order valence-corrected chi connectivity index (χ0v) is 23.1. The van der Waals surface area contributed by atoms with Crippen molar-refractivity contribution < 1.29 is 0 Å². The van der Waals surface area contributed by atoms with Crippen LogP contribution in [0.4, 0.5) is 5.69 Å². The fourth-order valence-corrected chi connectivity index (χ4v) is 6.76. The van der Waals surface area contributed by atoms with Gasteiger partial charge in [-0.3, -0.25) is 0 Å². The van der Waals surface area contributed by atoms with Crippen LogP contribution < -0.4 is 0 Å². The lowest BCUT2D eigenvalue weighted by molar-refractivity contribution is 1.21. The van der Waals surface area contributed by atoms with E-state index in [2.05, 4.69) is 131 Å². The molecule has 0 aliphatic heterocycles. The summed E-state index contributed by atoms with van der Waals surface area (Å²) in [7, 11) is 0. The first-order valence-electron chi connectivity index (χ1n) is 14.4. The number of hydrogen-bond acceptors (Lipinski definition) is 1. The zero-order valence-electron chi connectivity index (χ0n) is 23.1. The summed E-state index contributed by atoms with van der Waals surface area (Å²) in [5.41, 5.74) is 8.23. The molecule has 43 heavy (non-hydrogen) atoms. The van der Waals surface area contributed by atoms with Crippen molar-refractivity contribution in [2.45, 2.75) is 0 Å². The molecule has 3 heteroatoms. The second-order valence-corrected chi connectivity index (χ2v) is 11.1. The van der Waals surface area contributed by atoms with E-state index in [1.165, 1.54) is 16.3 Å². The van der Waals surface area contributed by atoms with Gasteiger partial charge in [-0.25, -0.2) is 9.83 Å². The van der Waals surface area contributed by atoms with Gasteiger partial charge < -0.3 is 4.57 Å². The molecule has 0 aliphatic rings. The third-order valence-electron chi connectivity index (χ3n) is 8.74. The average molecular weight is 546 g/mol. The highest BCUT2D eigenvalue weighted by Gasteiger charge is 2.20. The molecule has 3 nitrogen and oxygen atoms in total. The number of nitrogens with zero attached hydrogens (tertiary/aromatic N) is 3. The minimum atomic E-state index is 0.637. The Labute approximate surface area is 247 Å². The van der Waals surface area contributed by atoms with Crippen LogP contribution in [-0.2, 0) is 0 Å². The van der Waals surface area contributed by atoms with Crippen LogP contribution in [0.15, 0.2) is 140 Å². The summed E-state index contributed by atoms with van der Waals surface area (Å²) in [6, 6.07) is 49.1. The average Bonchev–Trinajstić information content (AvgIpc) is 3.40. The first-order chi connectivity index (χ1) is 21.3. The van der Waals surface area contributed by atoms with E-state index in [9.17, 15) is 0 Å². The van der Waals surface area contributed by atoms with Gasteiger partial charge in [0.15, 0.2) is 5.69 Å². The Bertz CT molecular complexity index is 2530. The maximum atomic E-state index is 7.75. The topological polar surface area (TPSA) is 22.2 Å². The van der Waals surface area contributed by atoms with Crippen LogP contribution in [0.1, 0.15) is 0 Å². The number of hydrogen-bond donors (Lipinski definition) is 0. The number of aromatic nitrogens is 2. The van der Waals surface area contributed by atoms with Crippen LogP contribution in [0.2, 0.25) is 0 Å². The summed E-state index contributed by atoms with van der Waals surface area (Å²) in [6.45, 7) is 7.75. The van der Waals surface area contributed by atoms with Crippen molar-refractivity contribution in [1.82, 2.24) is 9.55 Å². The minimum absolute atomic E-state index is 0.637. The lowest BCUT2D eigenvalue weighted by Gasteiger charge is -2.17. The van der Waals surface area contributed by atoms with Crippen LogP contribution in [-0.4, -0.2) is 9.55 Å². The summed E-state index contributed by atoms with van der Waals surface area (Å²) in [5.74, 6) is 0. The highest BCUT2D eigenvalue weighted by Crippen LogP contribution is 2.42. The Kier molecular flexibility index (Phi) is 4.97. The summed E-state index contributed by atoms with van der Waals surface area (Å²) in [5, 5.41) is 9.01. The zero-order chi connectivity index (χ0) is 28.5. The third kappa shape index (κ3) is 3.44. The standard InChI is InChI=1S/C40H23N3/c1-41-29-18-22-37-35(24-29)34-23-28(25-9-3-2-4-10-25)17-21-36(34)43(37)40-32-19-15-26-11-5-7-13-30(26)38(32)42-39-31-14-8-6-12-27(31)16-20-33(39)40/h2-24H. The van der Waals surface area contributed by atoms with Crippen molar-refractivity contribution in [1.29, 1.82) is 0 Å². The number of fused-ring (bicyclic) bond motifs is 9. The predicted molar refractivity (Wildman–Crippen MR) is 180 cm³/mol. The summed E-state index contributed by atoms with van der Waals surface area (Å²) < 4.78 is 2.39. The Morgan fingerprint density at radius 3 is 1.70 bits per heavy atom. The molecular weight excluding hydrogens is 522 g/mol. The molecule has 0 N–H and O–H groups in total. The largest absolute Gasteiger partial charge is 0.308 e. The van der Waals surface area contributed by atoms with Crippen LogP contribution in [0, 0.1) is 6.57 Å². The molecule has 0 spiro atoms. The molecule has 0 saturated heterocycles. The molecule has 0 radical (unpaired) electrons. The number of rotatable bonds is 2. The molecule has 0 fully saturated rings. The molecule has 0 unspecified atom stereocenters. The molecule has 2 heterocycles. The molecule has 198 valence electrons. The number of pyridine rings is 1. The normalized spacial score (nSPS) is 11.7. The van der Waals surface area contributed by atoms with E-state index < -0.39 is 0 Å². The molecule has 0 amide bonds. The van der Waals surface area contributed by atoms with Crippen molar-refractivity contribution in [3.63, 3.8) is 0 Å². The van der Waals surface area contributed by atoms with Crippen molar-refractivity contribution in [2.24, 2.45) is 0 Å². The van der Waals surface area contributed by atoms with E-state index in [1.54, 1.807) is 0 Å². The molecule has 0 saturated carbocycles. The Balaban J connectivity index is 1.50. The van der Waals surface area contributed by atoms with Gasteiger partial charge >= 0.3 is 0 Å². The van der Waals surface area contributed by atoms with Crippen molar-refractivity contribution in [3.05, 3.63) is 151 Å². The fourth-order valence-electron chi connectivity index (χ4n) is 6.76. The van der Waals surface area contributed by atoms with Gasteiger partial charge in [0, 0.05) is 26.9 Å². The Morgan fingerprint density at radius 2 is 1.05 bits per heavy atom. The van der Waals surface area contributed by atoms with Crippen LogP contribution in [0.25, 0.3) is 86.8 Å². The SMILES string of the molecule is [C-]#[N+]c1ccc2c(c1)c1cc(-c3ccccc3)ccc1n2-c1c2ccc3ccccc3c2nc2c1ccc1ccccc12. The molecule has 0 atom stereocenters. The lowest BCUT2D eigenvalue weighted by Crippen LogP contribution is -1.99. The van der Waals surface area contributed by atoms with Gasteiger partial charge in [0.2, 0.25) is 0 Å². The quantitative estimate of drug-likeness (QED) is 0.120. The van der Waals surface area contributed by atoms with Gasteiger partial charge in [-0.1, -0.05) is 115 Å². The van der Waals surface area contributed by atoms with Gasteiger partial charge in [0.1, 0.15) is 0 Å². The monoisotopic (exact) mass is 545 g/mol. The van der Waals surface area contributed by atoms with E-state index in [-0.39, 0.29) is 0 Å². The highest BCUT2D eigenvalue weighted by atomic mass is 15.0. The van der Waals surface area contributed by atoms with Gasteiger partial charge in [-0.05, 0) is 51.6 Å². The molecule has 0 bridgehead atoms. The minimum Gasteiger partial charge on any atom is -0.308 e. The second-order valence-electron chi connectivity index (χ2n) is 11.1. The lowest BCUT2D eigenvalue weighted by atomic mass is 9.99. The van der Waals surface area contributed by atoms with Crippen molar-refractivity contribution >= 4 is 70.8 Å². The summed E-state index contributed by atoms with van der Waals surface area (Å²) in [4.78, 5) is 9.18. The predicted octanol–water partition coefficient (Wildman–Crippen LogP) is 11.0. The first-order valence-corrected chi connectivity index (χ1v) is 14.4. The maximum Gasteiger partial charge on any atom is 0.188 e. The maximum absolute atomic E-state index is 7.75. The summed E-state index contributed by atoms with van der Waals surface area (Å²) >= 11 is 0. The van der Waals surface area contributed by atoms with E-state index in [0.717, 1.165) is 65.6 Å². The van der Waals surface area contributed by atoms with Crippen LogP contribution in [0.5, 0.6) is 0 Å². The third-order valence-corrected chi connectivity index (χ3v) is 8.74. The van der Waals surface area contributed by atoms with Gasteiger partial charge in [-0.15, -0.1) is 0 Å². The molecule has 2 aromatic heterocycles. The molecule has 7 aromatic carbocycles. The Hall–Kier alpha value is -5.98. The molecular formula is C40H23N3. The van der Waals surface area contributed by atoms with E-state index in [0.29, 0.717) is 5.69 Å². The van der Waals surface area contributed by atoms with Crippen molar-refractivity contribution in [3.8, 4) is 16.8 Å². The van der Waals surface area contributed by atoms with E-state index in [4.69, 9.17) is 11.6 Å². The van der Waals surface area contributed by atoms with E-state index in [1.807, 2.05) is 18.2 Å². The van der Waals surface area contributed by atoms with Gasteiger partial charge in [0.25, 0.3) is 0 Å². The molecule has 9 aromatic rings. The van der Waals surface area contributed by atoms with Crippen LogP contribution in [0.3, 0.4) is 0 Å².